The Morgan fingerprint density at radius 1 is 1.13 bits per heavy atom. The Labute approximate surface area is 87.2 Å². The van der Waals surface area contributed by atoms with Gasteiger partial charge in [-0.2, -0.15) is 0 Å². The lowest BCUT2D eigenvalue weighted by Crippen LogP contribution is -2.19. The Balaban J connectivity index is 3.64. The quantitative estimate of drug-likeness (QED) is 0.489. The van der Waals surface area contributed by atoms with Crippen LogP contribution in [0.25, 0.3) is 0 Å². The summed E-state index contributed by atoms with van der Waals surface area (Å²) in [5.41, 5.74) is 0. The molecule has 0 aliphatic rings. The van der Waals surface area contributed by atoms with Crippen molar-refractivity contribution in [3.63, 3.8) is 0 Å². The molecule has 15 heavy (non-hydrogen) atoms. The van der Waals surface area contributed by atoms with Gasteiger partial charge in [0.1, 0.15) is 5.78 Å². The molecule has 0 aromatic heterocycles. The zero-order valence-electron chi connectivity index (χ0n) is 8.69. The molecule has 0 saturated carbocycles. The van der Waals surface area contributed by atoms with Gasteiger partial charge in [0.05, 0.1) is 12.5 Å². The molecule has 0 amide bonds. The van der Waals surface area contributed by atoms with E-state index in [4.69, 9.17) is 5.11 Å². The van der Waals surface area contributed by atoms with Gasteiger partial charge >= 0.3 is 11.9 Å². The fraction of sp³-hybridized carbons (Fsp3) is 0.667. The fourth-order valence-corrected chi connectivity index (χ4v) is 0.833. The molecule has 1 unspecified atom stereocenters. The van der Waals surface area contributed by atoms with Crippen LogP contribution < -0.4 is 0 Å². The molecule has 0 fully saturated rings. The van der Waals surface area contributed by atoms with Gasteiger partial charge < -0.3 is 14.6 Å². The van der Waals surface area contributed by atoms with Crippen LogP contribution >= 0.6 is 0 Å². The van der Waals surface area contributed by atoms with Crippen LogP contribution in [0.15, 0.2) is 0 Å². The second kappa shape index (κ2) is 6.94. The number of aliphatic hydroxyl groups excluding tert-OH is 1. The molecular weight excluding hydrogens is 204 g/mol. The van der Waals surface area contributed by atoms with E-state index in [9.17, 15) is 14.4 Å². The van der Waals surface area contributed by atoms with Crippen LogP contribution in [-0.4, -0.2) is 35.7 Å². The highest BCUT2D eigenvalue weighted by Crippen LogP contribution is 2.00. The van der Waals surface area contributed by atoms with Crippen LogP contribution in [-0.2, 0) is 23.9 Å². The summed E-state index contributed by atoms with van der Waals surface area (Å²) >= 11 is 0. The number of ketones is 1. The zero-order valence-corrected chi connectivity index (χ0v) is 8.69. The molecule has 0 saturated heterocycles. The van der Waals surface area contributed by atoms with Crippen molar-refractivity contribution in [1.29, 1.82) is 0 Å². The lowest BCUT2D eigenvalue weighted by Gasteiger charge is -2.08. The first-order valence-corrected chi connectivity index (χ1v) is 4.38. The number of aliphatic hydroxyl groups is 1. The van der Waals surface area contributed by atoms with E-state index in [0.717, 1.165) is 0 Å². The molecule has 0 aliphatic carbocycles. The molecule has 6 heteroatoms. The molecule has 0 spiro atoms. The molecule has 0 bridgehead atoms. The summed E-state index contributed by atoms with van der Waals surface area (Å²) in [6.07, 6.45) is -1.43. The number of esters is 2. The van der Waals surface area contributed by atoms with Gasteiger partial charge in [0.15, 0.2) is 0 Å². The molecule has 6 nitrogen and oxygen atoms in total. The highest BCUT2D eigenvalue weighted by atomic mass is 16.7. The first-order chi connectivity index (χ1) is 6.91. The lowest BCUT2D eigenvalue weighted by atomic mass is 10.1. The van der Waals surface area contributed by atoms with Gasteiger partial charge in [-0.3, -0.25) is 14.4 Å². The third-order valence-electron chi connectivity index (χ3n) is 1.41. The molecule has 0 heterocycles. The van der Waals surface area contributed by atoms with Crippen molar-refractivity contribution in [3.05, 3.63) is 0 Å². The number of rotatable bonds is 6. The average molecular weight is 218 g/mol. The lowest BCUT2D eigenvalue weighted by molar-refractivity contribution is -0.166. The maximum atomic E-state index is 10.9. The molecule has 0 aliphatic heterocycles. The van der Waals surface area contributed by atoms with Crippen LogP contribution in [0, 0.1) is 0 Å². The van der Waals surface area contributed by atoms with E-state index >= 15 is 0 Å². The third-order valence-corrected chi connectivity index (χ3v) is 1.41. The second-order valence-corrected chi connectivity index (χ2v) is 3.03. The van der Waals surface area contributed by atoms with Crippen LogP contribution in [0.5, 0.6) is 0 Å². The first kappa shape index (κ1) is 13.6. The average Bonchev–Trinajstić information content (AvgIpc) is 2.00. The van der Waals surface area contributed by atoms with Crippen molar-refractivity contribution in [1.82, 2.24) is 0 Å². The number of carbonyl (C=O) groups excluding carboxylic acids is 3. The van der Waals surface area contributed by atoms with Gasteiger partial charge in [-0.25, -0.2) is 0 Å². The van der Waals surface area contributed by atoms with Gasteiger partial charge in [0.2, 0.25) is 6.79 Å². The predicted octanol–water partition coefficient (Wildman–Crippen LogP) is -0.220. The number of hydrogen-bond acceptors (Lipinski definition) is 6. The van der Waals surface area contributed by atoms with E-state index in [1.807, 2.05) is 0 Å². The standard InChI is InChI=1S/C9H14O6/c1-6(10)3-8(12)4-9(13)15-5-14-7(2)11/h8,12H,3-5H2,1-2H3. The summed E-state index contributed by atoms with van der Waals surface area (Å²) in [4.78, 5) is 31.8. The Morgan fingerprint density at radius 3 is 2.20 bits per heavy atom. The van der Waals surface area contributed by atoms with Crippen molar-refractivity contribution in [2.24, 2.45) is 0 Å². The minimum Gasteiger partial charge on any atom is -0.428 e. The van der Waals surface area contributed by atoms with Crippen molar-refractivity contribution in [3.8, 4) is 0 Å². The van der Waals surface area contributed by atoms with Crippen LogP contribution in [0.4, 0.5) is 0 Å². The molecule has 1 N–H and O–H groups in total. The number of carbonyl (C=O) groups is 3. The van der Waals surface area contributed by atoms with Crippen LogP contribution in [0.3, 0.4) is 0 Å². The summed E-state index contributed by atoms with van der Waals surface area (Å²) < 4.78 is 8.80. The predicted molar refractivity (Wildman–Crippen MR) is 48.6 cm³/mol. The summed E-state index contributed by atoms with van der Waals surface area (Å²) in [5.74, 6) is -1.49. The van der Waals surface area contributed by atoms with E-state index < -0.39 is 24.8 Å². The second-order valence-electron chi connectivity index (χ2n) is 3.03. The third kappa shape index (κ3) is 8.89. The van der Waals surface area contributed by atoms with Crippen molar-refractivity contribution in [2.45, 2.75) is 32.8 Å². The van der Waals surface area contributed by atoms with E-state index in [2.05, 4.69) is 9.47 Å². The van der Waals surface area contributed by atoms with Gasteiger partial charge in [-0.1, -0.05) is 0 Å². The summed E-state index contributed by atoms with van der Waals surface area (Å²) in [5, 5.41) is 9.17. The van der Waals surface area contributed by atoms with Crippen LogP contribution in [0.1, 0.15) is 26.7 Å². The summed E-state index contributed by atoms with van der Waals surface area (Å²) in [6.45, 7) is 2.02. The van der Waals surface area contributed by atoms with Gasteiger partial charge in [0, 0.05) is 13.3 Å². The minimum absolute atomic E-state index is 0.0946. The summed E-state index contributed by atoms with van der Waals surface area (Å²) in [6, 6.07) is 0. The molecule has 0 aromatic rings. The normalized spacial score (nSPS) is 11.7. The van der Waals surface area contributed by atoms with Gasteiger partial charge in [-0.05, 0) is 6.92 Å². The largest absolute Gasteiger partial charge is 0.428 e. The molecule has 0 aromatic carbocycles. The maximum Gasteiger partial charge on any atom is 0.311 e. The van der Waals surface area contributed by atoms with E-state index in [1.54, 1.807) is 0 Å². The van der Waals surface area contributed by atoms with E-state index in [-0.39, 0.29) is 18.6 Å². The Kier molecular flexibility index (Phi) is 6.28. The molecule has 0 rings (SSSR count). The van der Waals surface area contributed by atoms with E-state index in [0.29, 0.717) is 0 Å². The maximum absolute atomic E-state index is 10.9. The van der Waals surface area contributed by atoms with Crippen molar-refractivity contribution in [2.75, 3.05) is 6.79 Å². The van der Waals surface area contributed by atoms with Crippen molar-refractivity contribution < 1.29 is 29.0 Å². The molecular formula is C9H14O6. The number of hydrogen-bond donors (Lipinski definition) is 1. The highest BCUT2D eigenvalue weighted by molar-refractivity contribution is 5.77. The SMILES string of the molecule is CC(=O)CC(O)CC(=O)OCOC(C)=O. The highest BCUT2D eigenvalue weighted by Gasteiger charge is 2.13. The van der Waals surface area contributed by atoms with Crippen LogP contribution in [0.2, 0.25) is 0 Å². The zero-order chi connectivity index (χ0) is 11.8. The fourth-order valence-electron chi connectivity index (χ4n) is 0.833. The summed E-state index contributed by atoms with van der Waals surface area (Å²) in [7, 11) is 0. The van der Waals surface area contributed by atoms with E-state index in [1.165, 1.54) is 13.8 Å². The first-order valence-electron chi connectivity index (χ1n) is 4.38. The topological polar surface area (TPSA) is 89.9 Å². The Hall–Kier alpha value is -1.43. The smallest absolute Gasteiger partial charge is 0.311 e. The molecule has 86 valence electrons. The Bertz CT molecular complexity index is 247. The van der Waals surface area contributed by atoms with Crippen molar-refractivity contribution >= 4 is 17.7 Å². The molecule has 1 atom stereocenters. The monoisotopic (exact) mass is 218 g/mol. The van der Waals surface area contributed by atoms with Gasteiger partial charge in [-0.15, -0.1) is 0 Å². The van der Waals surface area contributed by atoms with Gasteiger partial charge in [0.25, 0.3) is 0 Å². The minimum atomic E-state index is -1.05. The Morgan fingerprint density at radius 2 is 1.73 bits per heavy atom. The molecule has 0 radical (unpaired) electrons. The number of Topliss-reactive ketones (excluding diaryl/α,β-unsaturated/α-hetero) is 1. The number of ether oxygens (including phenoxy) is 2.